The number of nitrogen functional groups attached to an aromatic ring is 1. The molecule has 0 amide bonds. The van der Waals surface area contributed by atoms with Gasteiger partial charge < -0.3 is 15.7 Å². The maximum atomic E-state index is 10.2. The Hall–Kier alpha value is -1.01. The van der Waals surface area contributed by atoms with E-state index in [0.717, 1.165) is 12.4 Å². The Balaban J connectivity index is 2.27. The molecule has 2 rings (SSSR count). The number of nitrogens with zero attached hydrogens (tertiary/aromatic N) is 3. The molecule has 1 saturated heterocycles. The molecule has 94 valence electrons. The first kappa shape index (κ1) is 12.4. The third-order valence-corrected chi connectivity index (χ3v) is 3.83. The Morgan fingerprint density at radius 2 is 2.29 bits per heavy atom. The van der Waals surface area contributed by atoms with E-state index in [-0.39, 0.29) is 5.92 Å². The van der Waals surface area contributed by atoms with E-state index in [1.165, 1.54) is 11.8 Å². The molecule has 3 N–H and O–H groups in total. The van der Waals surface area contributed by atoms with Crippen LogP contribution in [0.2, 0.25) is 0 Å². The lowest BCUT2D eigenvalue weighted by Gasteiger charge is -2.21. The van der Waals surface area contributed by atoms with Crippen molar-refractivity contribution in [2.24, 2.45) is 5.92 Å². The summed E-state index contributed by atoms with van der Waals surface area (Å²) in [6.07, 6.45) is 1.92. The Bertz CT molecular complexity index is 424. The summed E-state index contributed by atoms with van der Waals surface area (Å²) in [7, 11) is 0. The van der Waals surface area contributed by atoms with Gasteiger partial charge in [0.1, 0.15) is 11.6 Å². The van der Waals surface area contributed by atoms with Gasteiger partial charge in [-0.15, -0.1) is 0 Å². The third-order valence-electron chi connectivity index (χ3n) is 3.29. The van der Waals surface area contributed by atoms with Crippen molar-refractivity contribution < 1.29 is 5.11 Å². The average Bonchev–Trinajstić information content (AvgIpc) is 2.53. The van der Waals surface area contributed by atoms with Gasteiger partial charge in [-0.2, -0.15) is 0 Å². The molecule has 0 saturated carbocycles. The summed E-state index contributed by atoms with van der Waals surface area (Å²) in [6.45, 7) is 5.27. The van der Waals surface area contributed by atoms with E-state index in [0.29, 0.717) is 17.5 Å². The maximum Gasteiger partial charge on any atom is 0.191 e. The normalized spacial score (nSPS) is 28.7. The van der Waals surface area contributed by atoms with Crippen LogP contribution < -0.4 is 10.6 Å². The van der Waals surface area contributed by atoms with Crippen molar-refractivity contribution in [3.63, 3.8) is 0 Å². The van der Waals surface area contributed by atoms with Crippen LogP contribution in [0, 0.1) is 5.92 Å². The number of hydrogen-bond donors (Lipinski definition) is 2. The zero-order valence-electron chi connectivity index (χ0n) is 10.3. The largest absolute Gasteiger partial charge is 0.388 e. The van der Waals surface area contributed by atoms with Crippen molar-refractivity contribution in [2.45, 2.75) is 24.6 Å². The van der Waals surface area contributed by atoms with Gasteiger partial charge in [0.2, 0.25) is 0 Å². The van der Waals surface area contributed by atoms with E-state index >= 15 is 0 Å². The van der Waals surface area contributed by atoms with Crippen LogP contribution in [0.5, 0.6) is 0 Å². The van der Waals surface area contributed by atoms with Crippen LogP contribution in [-0.4, -0.2) is 40.0 Å². The highest BCUT2D eigenvalue weighted by molar-refractivity contribution is 7.98. The first-order chi connectivity index (χ1) is 7.92. The molecule has 6 heteroatoms. The molecule has 2 heterocycles. The van der Waals surface area contributed by atoms with E-state index in [1.54, 1.807) is 6.07 Å². The van der Waals surface area contributed by atoms with Crippen molar-refractivity contribution in [3.8, 4) is 0 Å². The van der Waals surface area contributed by atoms with Crippen molar-refractivity contribution in [3.05, 3.63) is 6.07 Å². The Labute approximate surface area is 105 Å². The summed E-state index contributed by atoms with van der Waals surface area (Å²) in [5.74, 6) is 1.49. The SMILES string of the molecule is CSc1nc(N)cc(N2C[C@H](C)[C@](C)(O)C2)n1. The maximum absolute atomic E-state index is 10.2. The fourth-order valence-electron chi connectivity index (χ4n) is 1.99. The van der Waals surface area contributed by atoms with Gasteiger partial charge in [0.15, 0.2) is 5.16 Å². The lowest BCUT2D eigenvalue weighted by molar-refractivity contribution is 0.0443. The lowest BCUT2D eigenvalue weighted by atomic mass is 9.95. The molecule has 0 aromatic carbocycles. The van der Waals surface area contributed by atoms with Crippen molar-refractivity contribution in [2.75, 3.05) is 30.0 Å². The molecule has 0 aliphatic carbocycles. The number of hydrogen-bond acceptors (Lipinski definition) is 6. The summed E-state index contributed by atoms with van der Waals surface area (Å²) in [6, 6.07) is 1.76. The summed E-state index contributed by atoms with van der Waals surface area (Å²) in [5, 5.41) is 10.8. The second kappa shape index (κ2) is 4.34. The minimum atomic E-state index is -0.667. The first-order valence-electron chi connectivity index (χ1n) is 5.58. The fraction of sp³-hybridized carbons (Fsp3) is 0.636. The minimum Gasteiger partial charge on any atom is -0.388 e. The highest BCUT2D eigenvalue weighted by atomic mass is 32.2. The summed E-state index contributed by atoms with van der Waals surface area (Å²) in [5.41, 5.74) is 5.08. The standard InChI is InChI=1S/C11H18N4OS/c1-7-5-15(6-11(7,2)16)9-4-8(12)13-10(14-9)17-3/h4,7,16H,5-6H2,1-3H3,(H2,12,13,14)/t7-,11+/m0/s1. The Morgan fingerprint density at radius 1 is 1.59 bits per heavy atom. The predicted octanol–water partition coefficient (Wildman–Crippen LogP) is 0.988. The second-order valence-corrected chi connectivity index (χ2v) is 5.55. The van der Waals surface area contributed by atoms with Crippen LogP contribution in [0.25, 0.3) is 0 Å². The molecule has 1 aliphatic heterocycles. The summed E-state index contributed by atoms with van der Waals surface area (Å²) < 4.78 is 0. The van der Waals surface area contributed by atoms with Gasteiger partial charge in [0.05, 0.1) is 5.60 Å². The Kier molecular flexibility index (Phi) is 3.18. The molecule has 0 unspecified atom stereocenters. The van der Waals surface area contributed by atoms with Crippen LogP contribution in [0.3, 0.4) is 0 Å². The topological polar surface area (TPSA) is 75.3 Å². The van der Waals surface area contributed by atoms with Gasteiger partial charge in [-0.05, 0) is 13.2 Å². The number of aliphatic hydroxyl groups is 1. The number of aromatic nitrogens is 2. The molecular weight excluding hydrogens is 236 g/mol. The van der Waals surface area contributed by atoms with E-state index in [4.69, 9.17) is 5.73 Å². The molecule has 1 fully saturated rings. The molecular formula is C11H18N4OS. The monoisotopic (exact) mass is 254 g/mol. The van der Waals surface area contributed by atoms with Gasteiger partial charge in [-0.1, -0.05) is 18.7 Å². The fourth-order valence-corrected chi connectivity index (χ4v) is 2.37. The minimum absolute atomic E-state index is 0.219. The van der Waals surface area contributed by atoms with Gasteiger partial charge in [0.25, 0.3) is 0 Å². The quantitative estimate of drug-likeness (QED) is 0.605. The molecule has 5 nitrogen and oxygen atoms in total. The van der Waals surface area contributed by atoms with Crippen LogP contribution in [0.15, 0.2) is 11.2 Å². The molecule has 17 heavy (non-hydrogen) atoms. The smallest absolute Gasteiger partial charge is 0.191 e. The van der Waals surface area contributed by atoms with Crippen LogP contribution in [0.1, 0.15) is 13.8 Å². The van der Waals surface area contributed by atoms with Gasteiger partial charge in [0, 0.05) is 25.1 Å². The molecule has 1 aromatic rings. The molecule has 2 atom stereocenters. The van der Waals surface area contributed by atoms with Crippen molar-refractivity contribution in [1.29, 1.82) is 0 Å². The average molecular weight is 254 g/mol. The van der Waals surface area contributed by atoms with E-state index < -0.39 is 5.60 Å². The number of thioether (sulfide) groups is 1. The highest BCUT2D eigenvalue weighted by Crippen LogP contribution is 2.31. The summed E-state index contributed by atoms with van der Waals surface area (Å²) >= 11 is 1.47. The molecule has 1 aliphatic rings. The number of nitrogens with two attached hydrogens (primary N) is 1. The summed E-state index contributed by atoms with van der Waals surface area (Å²) in [4.78, 5) is 10.6. The van der Waals surface area contributed by atoms with Crippen LogP contribution in [-0.2, 0) is 0 Å². The van der Waals surface area contributed by atoms with E-state index in [1.807, 2.05) is 20.1 Å². The van der Waals surface area contributed by atoms with E-state index in [9.17, 15) is 5.11 Å². The molecule has 0 spiro atoms. The predicted molar refractivity (Wildman–Crippen MR) is 70.2 cm³/mol. The zero-order valence-corrected chi connectivity index (χ0v) is 11.2. The third kappa shape index (κ3) is 2.47. The van der Waals surface area contributed by atoms with Crippen molar-refractivity contribution in [1.82, 2.24) is 9.97 Å². The number of β-amino-alcohol motifs (C(OH)–C–C–N with tert-alkyl or cyclic N) is 1. The second-order valence-electron chi connectivity index (χ2n) is 4.78. The zero-order chi connectivity index (χ0) is 12.6. The molecule has 0 bridgehead atoms. The van der Waals surface area contributed by atoms with E-state index in [2.05, 4.69) is 14.9 Å². The van der Waals surface area contributed by atoms with Gasteiger partial charge in [-0.25, -0.2) is 9.97 Å². The van der Waals surface area contributed by atoms with Crippen LogP contribution >= 0.6 is 11.8 Å². The Morgan fingerprint density at radius 3 is 2.82 bits per heavy atom. The molecule has 1 aromatic heterocycles. The highest BCUT2D eigenvalue weighted by Gasteiger charge is 2.39. The first-order valence-corrected chi connectivity index (χ1v) is 6.81. The van der Waals surface area contributed by atoms with Crippen molar-refractivity contribution >= 4 is 23.4 Å². The van der Waals surface area contributed by atoms with Crippen LogP contribution in [0.4, 0.5) is 11.6 Å². The van der Waals surface area contributed by atoms with Gasteiger partial charge >= 0.3 is 0 Å². The number of anilines is 2. The lowest BCUT2D eigenvalue weighted by Crippen LogP contribution is -2.33. The molecule has 0 radical (unpaired) electrons. The number of rotatable bonds is 2. The van der Waals surface area contributed by atoms with Gasteiger partial charge in [-0.3, -0.25) is 0 Å².